The van der Waals surface area contributed by atoms with E-state index in [0.717, 1.165) is 0 Å². The summed E-state index contributed by atoms with van der Waals surface area (Å²) in [4.78, 5) is 3.66. The highest BCUT2D eigenvalue weighted by molar-refractivity contribution is 5.37. The molecule has 0 aliphatic carbocycles. The molecule has 0 unspecified atom stereocenters. The smallest absolute Gasteiger partial charge is 0.0845 e. The van der Waals surface area contributed by atoms with Crippen LogP contribution >= 0.6 is 0 Å². The summed E-state index contributed by atoms with van der Waals surface area (Å²) in [5.41, 5.74) is 6.42. The molecule has 0 aliphatic rings. The minimum atomic E-state index is 0.438. The number of hydrogen-bond acceptors (Lipinski definition) is 2. The molecule has 0 heterocycles. The van der Waals surface area contributed by atoms with E-state index in [-0.39, 0.29) is 0 Å². The molecule has 0 rings (SSSR count). The molecular formula is C8H12N2. The van der Waals surface area contributed by atoms with Crippen molar-refractivity contribution < 1.29 is 0 Å². The van der Waals surface area contributed by atoms with Crippen LogP contribution in [0.5, 0.6) is 0 Å². The minimum absolute atomic E-state index is 0.438. The lowest BCUT2D eigenvalue weighted by molar-refractivity contribution is 1.27. The van der Waals surface area contributed by atoms with Gasteiger partial charge in [-0.3, -0.25) is 4.99 Å². The summed E-state index contributed by atoms with van der Waals surface area (Å²) in [6, 6.07) is 0. The van der Waals surface area contributed by atoms with Crippen molar-refractivity contribution in [1.82, 2.24) is 0 Å². The van der Waals surface area contributed by atoms with Crippen LogP contribution in [0.25, 0.3) is 0 Å². The maximum Gasteiger partial charge on any atom is 0.0845 e. The van der Waals surface area contributed by atoms with Crippen LogP contribution in [0.15, 0.2) is 41.2 Å². The summed E-state index contributed by atoms with van der Waals surface area (Å²) in [6.07, 6.45) is 5.48. The molecule has 10 heavy (non-hydrogen) atoms. The van der Waals surface area contributed by atoms with Crippen LogP contribution in [-0.4, -0.2) is 6.72 Å². The highest BCUT2D eigenvalue weighted by atomic mass is 14.8. The normalized spacial score (nSPS) is 11.9. The molecule has 0 aromatic rings. The van der Waals surface area contributed by atoms with Crippen LogP contribution in [0.3, 0.4) is 0 Å². The zero-order valence-corrected chi connectivity index (χ0v) is 6.17. The number of allylic oxidation sites excluding steroid dienone is 3. The second kappa shape index (κ2) is 4.56. The number of hydrogen-bond donors (Lipinski definition) is 1. The lowest BCUT2D eigenvalue weighted by Crippen LogP contribution is -1.95. The van der Waals surface area contributed by atoms with Crippen molar-refractivity contribution in [3.63, 3.8) is 0 Å². The van der Waals surface area contributed by atoms with Gasteiger partial charge < -0.3 is 5.73 Å². The van der Waals surface area contributed by atoms with Crippen LogP contribution in [-0.2, 0) is 0 Å². The molecule has 0 amide bonds. The molecular weight excluding hydrogens is 124 g/mol. The van der Waals surface area contributed by atoms with E-state index in [1.807, 2.05) is 19.1 Å². The predicted molar refractivity (Wildman–Crippen MR) is 45.8 cm³/mol. The van der Waals surface area contributed by atoms with E-state index in [4.69, 9.17) is 5.73 Å². The van der Waals surface area contributed by atoms with Crippen LogP contribution in [0, 0.1) is 0 Å². The van der Waals surface area contributed by atoms with Crippen LogP contribution in [0.4, 0.5) is 0 Å². The fourth-order valence-corrected chi connectivity index (χ4v) is 0.449. The summed E-state index contributed by atoms with van der Waals surface area (Å²) in [7, 11) is 0. The molecule has 0 aromatic heterocycles. The maximum absolute atomic E-state index is 5.36. The van der Waals surface area contributed by atoms with Gasteiger partial charge >= 0.3 is 0 Å². The Balaban J connectivity index is 4.33. The lowest BCUT2D eigenvalue weighted by atomic mass is 10.3. The van der Waals surface area contributed by atoms with Gasteiger partial charge in [-0.25, -0.2) is 0 Å². The van der Waals surface area contributed by atoms with Gasteiger partial charge in [0.1, 0.15) is 0 Å². The van der Waals surface area contributed by atoms with Crippen molar-refractivity contribution in [2.45, 2.75) is 6.92 Å². The van der Waals surface area contributed by atoms with Gasteiger partial charge in [-0.1, -0.05) is 18.7 Å². The average molecular weight is 136 g/mol. The van der Waals surface area contributed by atoms with Crippen LogP contribution < -0.4 is 5.73 Å². The third-order valence-electron chi connectivity index (χ3n) is 0.946. The molecule has 0 aromatic carbocycles. The van der Waals surface area contributed by atoms with E-state index < -0.39 is 0 Å². The summed E-state index contributed by atoms with van der Waals surface area (Å²) in [6.45, 7) is 8.78. The van der Waals surface area contributed by atoms with Gasteiger partial charge in [-0.05, 0) is 19.7 Å². The monoisotopic (exact) mass is 136 g/mol. The van der Waals surface area contributed by atoms with E-state index in [9.17, 15) is 0 Å². The van der Waals surface area contributed by atoms with Gasteiger partial charge in [0.05, 0.1) is 11.4 Å². The Hall–Kier alpha value is -1.31. The standard InChI is InChI=1S/C8H12N2/c1-4-5-6-8(10-3)7(2)9/h4-6H,2-3,9H2,1H3/b5-4-,8-6-. The molecule has 54 valence electrons. The average Bonchev–Trinajstić information content (AvgIpc) is 1.89. The summed E-state index contributed by atoms with van der Waals surface area (Å²) < 4.78 is 0. The van der Waals surface area contributed by atoms with Crippen molar-refractivity contribution in [3.05, 3.63) is 36.2 Å². The zero-order chi connectivity index (χ0) is 7.98. The first-order chi connectivity index (χ1) is 4.72. The molecule has 2 N–H and O–H groups in total. The van der Waals surface area contributed by atoms with Crippen molar-refractivity contribution in [1.29, 1.82) is 0 Å². The second-order valence-corrected chi connectivity index (χ2v) is 1.76. The number of nitrogens with zero attached hydrogens (tertiary/aromatic N) is 1. The Morgan fingerprint density at radius 2 is 2.20 bits per heavy atom. The van der Waals surface area contributed by atoms with Gasteiger partial charge in [-0.2, -0.15) is 0 Å². The minimum Gasteiger partial charge on any atom is -0.397 e. The second-order valence-electron chi connectivity index (χ2n) is 1.76. The molecule has 0 spiro atoms. The van der Waals surface area contributed by atoms with Crippen molar-refractivity contribution in [3.8, 4) is 0 Å². The Labute approximate surface area is 61.5 Å². The Morgan fingerprint density at radius 3 is 2.50 bits per heavy atom. The van der Waals surface area contributed by atoms with Gasteiger partial charge in [0.2, 0.25) is 0 Å². The lowest BCUT2D eigenvalue weighted by Gasteiger charge is -1.94. The molecule has 0 atom stereocenters. The number of rotatable bonds is 3. The first-order valence-electron chi connectivity index (χ1n) is 2.96. The molecule has 0 saturated carbocycles. The summed E-state index contributed by atoms with van der Waals surface area (Å²) in [5.74, 6) is 0. The Morgan fingerprint density at radius 1 is 1.60 bits per heavy atom. The van der Waals surface area contributed by atoms with Crippen molar-refractivity contribution in [2.24, 2.45) is 10.7 Å². The van der Waals surface area contributed by atoms with Gasteiger partial charge in [0.15, 0.2) is 0 Å². The van der Waals surface area contributed by atoms with E-state index in [2.05, 4.69) is 18.3 Å². The predicted octanol–water partition coefficient (Wildman–Crippen LogP) is 1.62. The van der Waals surface area contributed by atoms with Crippen LogP contribution in [0.1, 0.15) is 6.92 Å². The molecule has 0 aliphatic heterocycles. The van der Waals surface area contributed by atoms with E-state index in [1.54, 1.807) is 6.08 Å². The molecule has 2 nitrogen and oxygen atoms in total. The summed E-state index contributed by atoms with van der Waals surface area (Å²) >= 11 is 0. The number of nitrogens with two attached hydrogens (primary N) is 1. The molecule has 0 radical (unpaired) electrons. The zero-order valence-electron chi connectivity index (χ0n) is 6.17. The first-order valence-corrected chi connectivity index (χ1v) is 2.96. The summed E-state index contributed by atoms with van der Waals surface area (Å²) in [5, 5.41) is 0. The fraction of sp³-hybridized carbons (Fsp3) is 0.125. The third kappa shape index (κ3) is 2.87. The first kappa shape index (κ1) is 8.69. The fourth-order valence-electron chi connectivity index (χ4n) is 0.449. The molecule has 0 fully saturated rings. The Bertz CT molecular complexity index is 187. The molecule has 0 bridgehead atoms. The van der Waals surface area contributed by atoms with E-state index in [0.29, 0.717) is 11.4 Å². The molecule has 0 saturated heterocycles. The van der Waals surface area contributed by atoms with E-state index in [1.165, 1.54) is 0 Å². The topological polar surface area (TPSA) is 38.4 Å². The van der Waals surface area contributed by atoms with E-state index >= 15 is 0 Å². The van der Waals surface area contributed by atoms with Crippen molar-refractivity contribution in [2.75, 3.05) is 0 Å². The van der Waals surface area contributed by atoms with Gasteiger partial charge in [-0.15, -0.1) is 0 Å². The highest BCUT2D eigenvalue weighted by Gasteiger charge is 1.89. The quantitative estimate of drug-likeness (QED) is 0.464. The Kier molecular flexibility index (Phi) is 3.96. The SMILES string of the molecule is C=N/C(=C\C=C/C)C(=C)N. The largest absolute Gasteiger partial charge is 0.397 e. The molecule has 2 heteroatoms. The van der Waals surface area contributed by atoms with Gasteiger partial charge in [0.25, 0.3) is 0 Å². The highest BCUT2D eigenvalue weighted by Crippen LogP contribution is 2.01. The maximum atomic E-state index is 5.36. The van der Waals surface area contributed by atoms with Gasteiger partial charge in [0, 0.05) is 0 Å². The number of aliphatic imine (C=N–C) groups is 1. The van der Waals surface area contributed by atoms with Crippen molar-refractivity contribution >= 4 is 6.72 Å². The third-order valence-corrected chi connectivity index (χ3v) is 0.946. The van der Waals surface area contributed by atoms with Crippen LogP contribution in [0.2, 0.25) is 0 Å².